The minimum atomic E-state index is -0.460. The Hall–Kier alpha value is -3.68. The predicted molar refractivity (Wildman–Crippen MR) is 97.5 cm³/mol. The SMILES string of the molecule is CC(=O)N1N=C(c2ccc([N+](=O)[O-])cc2)c2cc3c(cc2C=C1C)OCO3. The Labute approximate surface area is 154 Å². The normalized spacial score (nSPS) is 14.8. The average molecular weight is 365 g/mol. The van der Waals surface area contributed by atoms with Crippen molar-refractivity contribution in [3.63, 3.8) is 0 Å². The zero-order chi connectivity index (χ0) is 19.1. The van der Waals surface area contributed by atoms with E-state index in [0.29, 0.717) is 28.5 Å². The number of hydrogen-bond acceptors (Lipinski definition) is 6. The van der Waals surface area contributed by atoms with Crippen LogP contribution in [-0.2, 0) is 4.79 Å². The molecule has 2 aromatic carbocycles. The number of hydrogen-bond donors (Lipinski definition) is 0. The summed E-state index contributed by atoms with van der Waals surface area (Å²) in [4.78, 5) is 22.6. The van der Waals surface area contributed by atoms with Gasteiger partial charge in [-0.1, -0.05) is 0 Å². The van der Waals surface area contributed by atoms with E-state index in [0.717, 1.165) is 11.1 Å². The highest BCUT2D eigenvalue weighted by molar-refractivity contribution is 6.16. The van der Waals surface area contributed by atoms with Crippen molar-refractivity contribution in [3.05, 3.63) is 68.9 Å². The standard InChI is InChI=1S/C19H15N3O5/c1-11-7-14-8-17-18(27-10-26-17)9-16(14)19(20-21(11)12(2)23)13-3-5-15(6-4-13)22(24)25/h3-9H,10H2,1-2H3. The number of benzene rings is 2. The quantitative estimate of drug-likeness (QED) is 0.601. The number of fused-ring (bicyclic) bond motifs is 2. The Bertz CT molecular complexity index is 1020. The Balaban J connectivity index is 1.92. The highest BCUT2D eigenvalue weighted by Crippen LogP contribution is 2.38. The maximum atomic E-state index is 12.1. The summed E-state index contributed by atoms with van der Waals surface area (Å²) in [5.41, 5.74) is 3.36. The Morgan fingerprint density at radius 3 is 2.48 bits per heavy atom. The number of non-ortho nitro benzene ring substituents is 1. The first-order chi connectivity index (χ1) is 12.9. The second-order valence-electron chi connectivity index (χ2n) is 6.16. The third-order valence-corrected chi connectivity index (χ3v) is 4.35. The third kappa shape index (κ3) is 2.91. The number of nitrogens with zero attached hydrogens (tertiary/aromatic N) is 3. The van der Waals surface area contributed by atoms with Gasteiger partial charge in [-0.2, -0.15) is 5.10 Å². The van der Waals surface area contributed by atoms with E-state index >= 15 is 0 Å². The first kappa shape index (κ1) is 16.8. The molecule has 0 aromatic heterocycles. The van der Waals surface area contributed by atoms with Crippen molar-refractivity contribution < 1.29 is 19.2 Å². The van der Waals surface area contributed by atoms with Crippen LogP contribution in [0.5, 0.6) is 11.5 Å². The number of amides is 1. The Kier molecular flexibility index (Phi) is 3.88. The van der Waals surface area contributed by atoms with Crippen LogP contribution in [0.3, 0.4) is 0 Å². The summed E-state index contributed by atoms with van der Waals surface area (Å²) in [6.45, 7) is 3.36. The van der Waals surface area contributed by atoms with Crippen LogP contribution < -0.4 is 9.47 Å². The lowest BCUT2D eigenvalue weighted by atomic mass is 9.96. The smallest absolute Gasteiger partial charge is 0.269 e. The second-order valence-corrected chi connectivity index (χ2v) is 6.16. The molecule has 0 fully saturated rings. The summed E-state index contributed by atoms with van der Waals surface area (Å²) in [5, 5.41) is 16.8. The highest BCUT2D eigenvalue weighted by Gasteiger charge is 2.25. The van der Waals surface area contributed by atoms with E-state index in [1.165, 1.54) is 24.1 Å². The lowest BCUT2D eigenvalue weighted by molar-refractivity contribution is -0.384. The van der Waals surface area contributed by atoms with Gasteiger partial charge in [0.2, 0.25) is 12.7 Å². The van der Waals surface area contributed by atoms with Crippen LogP contribution in [0.4, 0.5) is 5.69 Å². The molecule has 27 heavy (non-hydrogen) atoms. The van der Waals surface area contributed by atoms with Gasteiger partial charge in [-0.05, 0) is 42.8 Å². The number of nitro benzene ring substituents is 1. The molecular formula is C19H15N3O5. The van der Waals surface area contributed by atoms with Crippen molar-refractivity contribution in [2.24, 2.45) is 5.10 Å². The third-order valence-electron chi connectivity index (χ3n) is 4.35. The minimum absolute atomic E-state index is 0.0170. The summed E-state index contributed by atoms with van der Waals surface area (Å²) < 4.78 is 10.9. The van der Waals surface area contributed by atoms with Gasteiger partial charge in [0.15, 0.2) is 11.5 Å². The number of hydrazone groups is 1. The number of carbonyl (C=O) groups excluding carboxylic acids is 1. The molecule has 0 radical (unpaired) electrons. The molecule has 2 aliphatic rings. The van der Waals surface area contributed by atoms with Crippen molar-refractivity contribution in [1.29, 1.82) is 0 Å². The maximum Gasteiger partial charge on any atom is 0.269 e. The lowest BCUT2D eigenvalue weighted by Crippen LogP contribution is -2.22. The molecule has 0 unspecified atom stereocenters. The van der Waals surface area contributed by atoms with E-state index in [1.54, 1.807) is 19.1 Å². The van der Waals surface area contributed by atoms with Gasteiger partial charge in [0.05, 0.1) is 10.6 Å². The molecule has 2 aromatic rings. The first-order valence-electron chi connectivity index (χ1n) is 8.20. The number of allylic oxidation sites excluding steroid dienone is 1. The van der Waals surface area contributed by atoms with Gasteiger partial charge in [-0.25, -0.2) is 5.01 Å². The molecule has 2 heterocycles. The van der Waals surface area contributed by atoms with Crippen LogP contribution in [-0.4, -0.2) is 28.3 Å². The van der Waals surface area contributed by atoms with E-state index in [4.69, 9.17) is 9.47 Å². The summed E-state index contributed by atoms with van der Waals surface area (Å²) in [6, 6.07) is 9.70. The van der Waals surface area contributed by atoms with Crippen molar-refractivity contribution in [2.75, 3.05) is 6.79 Å². The number of rotatable bonds is 2. The molecular weight excluding hydrogens is 350 g/mol. The van der Waals surface area contributed by atoms with Crippen LogP contribution in [0.1, 0.15) is 30.5 Å². The highest BCUT2D eigenvalue weighted by atomic mass is 16.7. The molecule has 0 N–H and O–H groups in total. The molecule has 2 aliphatic heterocycles. The van der Waals surface area contributed by atoms with Crippen LogP contribution in [0.2, 0.25) is 0 Å². The predicted octanol–water partition coefficient (Wildman–Crippen LogP) is 3.30. The van der Waals surface area contributed by atoms with Crippen molar-refractivity contribution in [1.82, 2.24) is 5.01 Å². The molecule has 1 amide bonds. The molecule has 8 heteroatoms. The molecule has 4 rings (SSSR count). The molecule has 136 valence electrons. The molecule has 0 saturated heterocycles. The van der Waals surface area contributed by atoms with Gasteiger partial charge in [-0.15, -0.1) is 0 Å². The fraction of sp³-hybridized carbons (Fsp3) is 0.158. The zero-order valence-corrected chi connectivity index (χ0v) is 14.6. The van der Waals surface area contributed by atoms with Gasteiger partial charge in [0, 0.05) is 35.9 Å². The average Bonchev–Trinajstić information content (AvgIpc) is 3.03. The minimum Gasteiger partial charge on any atom is -0.454 e. The topological polar surface area (TPSA) is 94.3 Å². The summed E-state index contributed by atoms with van der Waals surface area (Å²) >= 11 is 0. The largest absolute Gasteiger partial charge is 0.454 e. The second kappa shape index (κ2) is 6.24. The summed E-state index contributed by atoms with van der Waals surface area (Å²) in [6.07, 6.45) is 1.85. The molecule has 0 spiro atoms. The van der Waals surface area contributed by atoms with Crippen LogP contribution in [0.25, 0.3) is 6.08 Å². The fourth-order valence-electron chi connectivity index (χ4n) is 3.07. The molecule has 0 bridgehead atoms. The van der Waals surface area contributed by atoms with E-state index in [9.17, 15) is 14.9 Å². The van der Waals surface area contributed by atoms with Crippen LogP contribution in [0.15, 0.2) is 47.2 Å². The van der Waals surface area contributed by atoms with E-state index in [-0.39, 0.29) is 18.4 Å². The van der Waals surface area contributed by atoms with Crippen LogP contribution in [0, 0.1) is 10.1 Å². The van der Waals surface area contributed by atoms with Crippen LogP contribution >= 0.6 is 0 Å². The summed E-state index contributed by atoms with van der Waals surface area (Å²) in [5.74, 6) is 0.971. The lowest BCUT2D eigenvalue weighted by Gasteiger charge is -2.16. The molecule has 0 saturated carbocycles. The molecule has 8 nitrogen and oxygen atoms in total. The van der Waals surface area contributed by atoms with Gasteiger partial charge < -0.3 is 9.47 Å². The van der Waals surface area contributed by atoms with Gasteiger partial charge in [0.1, 0.15) is 0 Å². The molecule has 0 atom stereocenters. The number of nitro groups is 1. The number of carbonyl (C=O) groups is 1. The van der Waals surface area contributed by atoms with Crippen molar-refractivity contribution >= 4 is 23.4 Å². The zero-order valence-electron chi connectivity index (χ0n) is 14.6. The maximum absolute atomic E-state index is 12.1. The van der Waals surface area contributed by atoms with Crippen molar-refractivity contribution in [2.45, 2.75) is 13.8 Å². The number of ether oxygens (including phenoxy) is 2. The Morgan fingerprint density at radius 1 is 1.19 bits per heavy atom. The van der Waals surface area contributed by atoms with Gasteiger partial charge >= 0.3 is 0 Å². The molecule has 0 aliphatic carbocycles. The first-order valence-corrected chi connectivity index (χ1v) is 8.20. The van der Waals surface area contributed by atoms with Gasteiger partial charge in [-0.3, -0.25) is 14.9 Å². The van der Waals surface area contributed by atoms with E-state index < -0.39 is 4.92 Å². The van der Waals surface area contributed by atoms with E-state index in [1.807, 2.05) is 18.2 Å². The Morgan fingerprint density at radius 2 is 1.85 bits per heavy atom. The summed E-state index contributed by atoms with van der Waals surface area (Å²) in [7, 11) is 0. The van der Waals surface area contributed by atoms with Crippen molar-refractivity contribution in [3.8, 4) is 11.5 Å². The van der Waals surface area contributed by atoms with Gasteiger partial charge in [0.25, 0.3) is 5.69 Å². The van der Waals surface area contributed by atoms with E-state index in [2.05, 4.69) is 5.10 Å². The monoisotopic (exact) mass is 365 g/mol. The fourth-order valence-corrected chi connectivity index (χ4v) is 3.07.